The van der Waals surface area contributed by atoms with Crippen LogP contribution in [0.1, 0.15) is 5.56 Å². The number of nitrogens with one attached hydrogen (secondary N) is 1. The molecule has 2 aromatic rings. The first-order valence-electron chi connectivity index (χ1n) is 6.76. The van der Waals surface area contributed by atoms with Crippen LogP contribution in [-0.2, 0) is 6.54 Å². The standard InChI is InChI=1S/C16H17ClFN3O2/c1-22-14-6-4-11(8-12(14)17)21-16(19)20-9-10-3-5-15(23-2)13(18)7-10/h3-8H,9H2,1-2H3,(H3,19,20,21). The summed E-state index contributed by atoms with van der Waals surface area (Å²) in [7, 11) is 2.95. The van der Waals surface area contributed by atoms with E-state index >= 15 is 0 Å². The molecule has 0 saturated heterocycles. The third kappa shape index (κ3) is 4.50. The Balaban J connectivity index is 2.02. The molecule has 2 rings (SSSR count). The van der Waals surface area contributed by atoms with Gasteiger partial charge in [0.1, 0.15) is 5.75 Å². The summed E-state index contributed by atoms with van der Waals surface area (Å²) < 4.78 is 23.5. The summed E-state index contributed by atoms with van der Waals surface area (Å²) in [5, 5.41) is 3.37. The van der Waals surface area contributed by atoms with Crippen molar-refractivity contribution in [3.63, 3.8) is 0 Å². The van der Waals surface area contributed by atoms with Gasteiger partial charge < -0.3 is 20.5 Å². The van der Waals surface area contributed by atoms with Crippen molar-refractivity contribution in [2.75, 3.05) is 19.5 Å². The van der Waals surface area contributed by atoms with Gasteiger partial charge in [-0.05, 0) is 35.9 Å². The van der Waals surface area contributed by atoms with E-state index in [4.69, 9.17) is 26.8 Å². The Labute approximate surface area is 138 Å². The molecule has 122 valence electrons. The minimum absolute atomic E-state index is 0.191. The molecule has 0 aromatic heterocycles. The number of anilines is 1. The number of aliphatic imine (C=N–C) groups is 1. The van der Waals surface area contributed by atoms with Crippen LogP contribution < -0.4 is 20.5 Å². The predicted octanol–water partition coefficient (Wildman–Crippen LogP) is 3.42. The number of nitrogens with two attached hydrogens (primary N) is 1. The van der Waals surface area contributed by atoms with Crippen LogP contribution in [-0.4, -0.2) is 20.2 Å². The molecule has 3 N–H and O–H groups in total. The van der Waals surface area contributed by atoms with Gasteiger partial charge in [0.15, 0.2) is 17.5 Å². The van der Waals surface area contributed by atoms with Gasteiger partial charge in [0.05, 0.1) is 25.8 Å². The maximum atomic E-state index is 13.6. The zero-order valence-corrected chi connectivity index (χ0v) is 13.5. The third-order valence-electron chi connectivity index (χ3n) is 3.07. The lowest BCUT2D eigenvalue weighted by Crippen LogP contribution is -2.22. The average Bonchev–Trinajstić information content (AvgIpc) is 2.53. The Kier molecular flexibility index (Phi) is 5.65. The van der Waals surface area contributed by atoms with E-state index in [0.29, 0.717) is 22.0 Å². The summed E-state index contributed by atoms with van der Waals surface area (Å²) in [6.45, 7) is 0.240. The molecule has 0 atom stereocenters. The molecule has 7 heteroatoms. The molecule has 2 aromatic carbocycles. The quantitative estimate of drug-likeness (QED) is 0.648. The van der Waals surface area contributed by atoms with E-state index in [1.54, 1.807) is 30.3 Å². The van der Waals surface area contributed by atoms with Crippen molar-refractivity contribution in [3.8, 4) is 11.5 Å². The first-order chi connectivity index (χ1) is 11.0. The fourth-order valence-electron chi connectivity index (χ4n) is 1.92. The minimum atomic E-state index is -0.436. The summed E-state index contributed by atoms with van der Waals surface area (Å²) in [5.74, 6) is 0.522. The second-order valence-electron chi connectivity index (χ2n) is 4.64. The lowest BCUT2D eigenvalue weighted by molar-refractivity contribution is 0.386. The van der Waals surface area contributed by atoms with E-state index in [0.717, 1.165) is 0 Å². The molecule has 0 unspecified atom stereocenters. The largest absolute Gasteiger partial charge is 0.495 e. The maximum Gasteiger partial charge on any atom is 0.193 e. The van der Waals surface area contributed by atoms with Crippen molar-refractivity contribution in [1.82, 2.24) is 0 Å². The molecule has 0 spiro atoms. The number of hydrogen-bond acceptors (Lipinski definition) is 3. The van der Waals surface area contributed by atoms with Crippen LogP contribution >= 0.6 is 11.6 Å². The van der Waals surface area contributed by atoms with E-state index in [1.165, 1.54) is 20.3 Å². The van der Waals surface area contributed by atoms with Crippen LogP contribution in [0.15, 0.2) is 41.4 Å². The number of halogens is 2. The van der Waals surface area contributed by atoms with E-state index in [2.05, 4.69) is 10.3 Å². The number of hydrogen-bond donors (Lipinski definition) is 2. The highest BCUT2D eigenvalue weighted by Crippen LogP contribution is 2.27. The summed E-state index contributed by atoms with van der Waals surface area (Å²) >= 11 is 6.03. The highest BCUT2D eigenvalue weighted by Gasteiger charge is 2.04. The molecule has 0 aliphatic carbocycles. The van der Waals surface area contributed by atoms with Crippen LogP contribution in [0.4, 0.5) is 10.1 Å². The van der Waals surface area contributed by atoms with Crippen LogP contribution in [0.5, 0.6) is 11.5 Å². The molecule has 23 heavy (non-hydrogen) atoms. The van der Waals surface area contributed by atoms with Crippen molar-refractivity contribution < 1.29 is 13.9 Å². The molecular formula is C16H17ClFN3O2. The van der Waals surface area contributed by atoms with Crippen LogP contribution in [0.3, 0.4) is 0 Å². The Morgan fingerprint density at radius 2 is 1.87 bits per heavy atom. The van der Waals surface area contributed by atoms with Crippen molar-refractivity contribution in [3.05, 3.63) is 52.8 Å². The second kappa shape index (κ2) is 7.69. The van der Waals surface area contributed by atoms with Crippen LogP contribution in [0.2, 0.25) is 5.02 Å². The van der Waals surface area contributed by atoms with E-state index in [1.807, 2.05) is 0 Å². The SMILES string of the molecule is COc1ccc(CN=C(N)Nc2ccc(OC)c(Cl)c2)cc1F. The molecule has 0 aliphatic heterocycles. The van der Waals surface area contributed by atoms with Crippen LogP contribution in [0.25, 0.3) is 0 Å². The molecule has 0 heterocycles. The molecule has 0 amide bonds. The lowest BCUT2D eigenvalue weighted by atomic mass is 10.2. The van der Waals surface area contributed by atoms with Gasteiger partial charge in [-0.1, -0.05) is 17.7 Å². The minimum Gasteiger partial charge on any atom is -0.495 e. The molecular weight excluding hydrogens is 321 g/mol. The van der Waals surface area contributed by atoms with Crippen molar-refractivity contribution in [1.29, 1.82) is 0 Å². The van der Waals surface area contributed by atoms with Crippen molar-refractivity contribution in [2.45, 2.75) is 6.54 Å². The van der Waals surface area contributed by atoms with Gasteiger partial charge in [0.2, 0.25) is 0 Å². The Bertz CT molecular complexity index is 722. The Morgan fingerprint density at radius 1 is 1.17 bits per heavy atom. The van der Waals surface area contributed by atoms with Gasteiger partial charge in [-0.3, -0.25) is 0 Å². The van der Waals surface area contributed by atoms with E-state index in [-0.39, 0.29) is 18.3 Å². The average molecular weight is 338 g/mol. The lowest BCUT2D eigenvalue weighted by Gasteiger charge is -2.08. The van der Waals surface area contributed by atoms with E-state index in [9.17, 15) is 4.39 Å². The summed E-state index contributed by atoms with van der Waals surface area (Å²) in [4.78, 5) is 4.16. The maximum absolute atomic E-state index is 13.6. The van der Waals surface area contributed by atoms with Gasteiger partial charge in [0.25, 0.3) is 0 Å². The number of ether oxygens (including phenoxy) is 2. The van der Waals surface area contributed by atoms with E-state index < -0.39 is 5.82 Å². The number of rotatable bonds is 5. The van der Waals surface area contributed by atoms with Gasteiger partial charge in [-0.2, -0.15) is 0 Å². The molecule has 0 fully saturated rings. The monoisotopic (exact) mass is 337 g/mol. The number of benzene rings is 2. The first-order valence-corrected chi connectivity index (χ1v) is 7.14. The predicted molar refractivity (Wildman–Crippen MR) is 89.9 cm³/mol. The zero-order chi connectivity index (χ0) is 16.8. The van der Waals surface area contributed by atoms with Crippen molar-refractivity contribution >= 4 is 23.2 Å². The molecule has 0 radical (unpaired) electrons. The zero-order valence-electron chi connectivity index (χ0n) is 12.8. The third-order valence-corrected chi connectivity index (χ3v) is 3.37. The fourth-order valence-corrected chi connectivity index (χ4v) is 2.17. The Morgan fingerprint density at radius 3 is 2.48 bits per heavy atom. The molecule has 0 bridgehead atoms. The molecule has 0 saturated carbocycles. The van der Waals surface area contributed by atoms with Gasteiger partial charge in [-0.15, -0.1) is 0 Å². The number of guanidine groups is 1. The fraction of sp³-hybridized carbons (Fsp3) is 0.188. The second-order valence-corrected chi connectivity index (χ2v) is 5.05. The normalized spacial score (nSPS) is 11.2. The highest BCUT2D eigenvalue weighted by atomic mass is 35.5. The van der Waals surface area contributed by atoms with Gasteiger partial charge in [-0.25, -0.2) is 9.38 Å². The number of nitrogens with zero attached hydrogens (tertiary/aromatic N) is 1. The van der Waals surface area contributed by atoms with Crippen molar-refractivity contribution in [2.24, 2.45) is 10.7 Å². The van der Waals surface area contributed by atoms with Gasteiger partial charge in [0, 0.05) is 5.69 Å². The van der Waals surface area contributed by atoms with Crippen LogP contribution in [0, 0.1) is 5.82 Å². The summed E-state index contributed by atoms with van der Waals surface area (Å²) in [5.41, 5.74) is 7.17. The number of methoxy groups -OCH3 is 2. The van der Waals surface area contributed by atoms with Gasteiger partial charge >= 0.3 is 0 Å². The topological polar surface area (TPSA) is 68.9 Å². The molecule has 0 aliphatic rings. The smallest absolute Gasteiger partial charge is 0.193 e. The summed E-state index contributed by atoms with van der Waals surface area (Å²) in [6.07, 6.45) is 0. The summed E-state index contributed by atoms with van der Waals surface area (Å²) in [6, 6.07) is 9.79. The highest BCUT2D eigenvalue weighted by molar-refractivity contribution is 6.32. The Hall–Kier alpha value is -2.47. The molecule has 5 nitrogen and oxygen atoms in total. The first kappa shape index (κ1) is 16.9.